The fraction of sp³-hybridized carbons (Fsp3) is 0.250. The smallest absolute Gasteiger partial charge is 0.248 e. The van der Waals surface area contributed by atoms with E-state index in [1.807, 2.05) is 13.8 Å². The maximum absolute atomic E-state index is 12.4. The van der Waals surface area contributed by atoms with Gasteiger partial charge in [0.2, 0.25) is 15.9 Å². The van der Waals surface area contributed by atoms with Crippen LogP contribution >= 0.6 is 0 Å². The molecule has 3 rings (SSSR count). The Hall–Kier alpha value is -3.79. The molecule has 0 unspecified atom stereocenters. The maximum Gasteiger partial charge on any atom is 0.248 e. The summed E-state index contributed by atoms with van der Waals surface area (Å²) in [6, 6.07) is 10.3. The minimum Gasteiger partial charge on any atom is -0.493 e. The Morgan fingerprint density at radius 3 is 2.53 bits per heavy atom. The van der Waals surface area contributed by atoms with Gasteiger partial charge in [0.05, 0.1) is 30.3 Å². The molecule has 0 radical (unpaired) electrons. The van der Waals surface area contributed by atoms with Gasteiger partial charge in [-0.2, -0.15) is 0 Å². The molecule has 9 nitrogen and oxygen atoms in total. The summed E-state index contributed by atoms with van der Waals surface area (Å²) in [5, 5.41) is 6.64. The highest BCUT2D eigenvalue weighted by atomic mass is 32.2. The zero-order valence-electron chi connectivity index (χ0n) is 19.6. The number of rotatable bonds is 9. The van der Waals surface area contributed by atoms with Crippen molar-refractivity contribution in [1.29, 1.82) is 0 Å². The fourth-order valence-electron chi connectivity index (χ4n) is 3.13. The number of carbonyl (C=O) groups is 1. The number of hydrogen-bond donors (Lipinski definition) is 2. The molecule has 0 bridgehead atoms. The number of carbonyl (C=O) groups excluding carboxylic acids is 1. The lowest BCUT2D eigenvalue weighted by Crippen LogP contribution is -2.12. The first-order valence-corrected chi connectivity index (χ1v) is 12.2. The van der Waals surface area contributed by atoms with Crippen molar-refractivity contribution in [3.63, 3.8) is 0 Å². The van der Waals surface area contributed by atoms with Crippen molar-refractivity contribution in [2.24, 2.45) is 0 Å². The number of sulfonamides is 1. The summed E-state index contributed by atoms with van der Waals surface area (Å²) in [6.45, 7) is 5.75. The van der Waals surface area contributed by atoms with Gasteiger partial charge < -0.3 is 19.3 Å². The van der Waals surface area contributed by atoms with Gasteiger partial charge in [-0.3, -0.25) is 9.52 Å². The molecular formula is C24H27N3O6S. The van der Waals surface area contributed by atoms with E-state index in [2.05, 4.69) is 15.2 Å². The average Bonchev–Trinajstić information content (AvgIpc) is 3.09. The first-order chi connectivity index (χ1) is 16.1. The Morgan fingerprint density at radius 1 is 1.12 bits per heavy atom. The van der Waals surface area contributed by atoms with Crippen LogP contribution in [0.1, 0.15) is 28.1 Å². The number of hydrogen-bond acceptors (Lipinski definition) is 7. The van der Waals surface area contributed by atoms with Crippen molar-refractivity contribution in [2.45, 2.75) is 27.4 Å². The molecule has 1 heterocycles. The van der Waals surface area contributed by atoms with Gasteiger partial charge in [-0.15, -0.1) is 0 Å². The summed E-state index contributed by atoms with van der Waals surface area (Å²) in [6.07, 6.45) is 4.09. The summed E-state index contributed by atoms with van der Waals surface area (Å²) in [5.74, 6) is 1.40. The van der Waals surface area contributed by atoms with Crippen molar-refractivity contribution in [2.75, 3.05) is 23.4 Å². The summed E-state index contributed by atoms with van der Waals surface area (Å²) in [4.78, 5) is 12.4. The van der Waals surface area contributed by atoms with Crippen molar-refractivity contribution in [3.05, 3.63) is 70.6 Å². The highest BCUT2D eigenvalue weighted by molar-refractivity contribution is 7.92. The van der Waals surface area contributed by atoms with Crippen LogP contribution in [0.5, 0.6) is 11.5 Å². The van der Waals surface area contributed by atoms with Crippen LogP contribution in [0.3, 0.4) is 0 Å². The van der Waals surface area contributed by atoms with Gasteiger partial charge in [0.15, 0.2) is 11.5 Å². The Balaban J connectivity index is 1.67. The minimum absolute atomic E-state index is 0.293. The quantitative estimate of drug-likeness (QED) is 0.436. The number of ether oxygens (including phenoxy) is 2. The highest BCUT2D eigenvalue weighted by Crippen LogP contribution is 2.30. The van der Waals surface area contributed by atoms with Gasteiger partial charge in [-0.1, -0.05) is 17.3 Å². The van der Waals surface area contributed by atoms with E-state index >= 15 is 0 Å². The van der Waals surface area contributed by atoms with E-state index in [0.29, 0.717) is 35.2 Å². The second-order valence-electron chi connectivity index (χ2n) is 7.73. The summed E-state index contributed by atoms with van der Waals surface area (Å²) in [5.41, 5.74) is 4.00. The van der Waals surface area contributed by atoms with Crippen LogP contribution < -0.4 is 19.5 Å². The number of anilines is 2. The number of aromatic nitrogens is 1. The normalized spacial score (nSPS) is 11.4. The van der Waals surface area contributed by atoms with E-state index < -0.39 is 10.0 Å². The molecule has 0 atom stereocenters. The number of methoxy groups -OCH3 is 1. The molecule has 0 saturated carbocycles. The second kappa shape index (κ2) is 10.4. The molecule has 1 amide bonds. The van der Waals surface area contributed by atoms with Crippen molar-refractivity contribution in [3.8, 4) is 11.5 Å². The first kappa shape index (κ1) is 24.8. The number of aryl methyl sites for hydroxylation is 3. The molecule has 0 aliphatic heterocycles. The van der Waals surface area contributed by atoms with Crippen molar-refractivity contribution >= 4 is 33.4 Å². The monoisotopic (exact) mass is 485 g/mol. The van der Waals surface area contributed by atoms with Gasteiger partial charge in [0, 0.05) is 11.8 Å². The third-order valence-electron chi connectivity index (χ3n) is 4.97. The maximum atomic E-state index is 12.4. The Bertz CT molecular complexity index is 1310. The number of nitrogens with one attached hydrogen (secondary N) is 2. The van der Waals surface area contributed by atoms with Gasteiger partial charge in [-0.05, 0) is 62.2 Å². The van der Waals surface area contributed by atoms with Crippen LogP contribution in [-0.2, 0) is 21.4 Å². The Morgan fingerprint density at radius 2 is 1.88 bits per heavy atom. The first-order valence-electron chi connectivity index (χ1n) is 10.4. The topological polar surface area (TPSA) is 120 Å². The highest BCUT2D eigenvalue weighted by Gasteiger charge is 2.12. The van der Waals surface area contributed by atoms with Gasteiger partial charge in [0.25, 0.3) is 0 Å². The number of benzene rings is 2. The van der Waals surface area contributed by atoms with Crippen LogP contribution in [0.4, 0.5) is 11.4 Å². The SMILES string of the molecule is COc1cc(/C=C/C(=O)Nc2ccc(C)c(NS(C)(=O)=O)c2)ccc1OCc1c(C)noc1C. The van der Waals surface area contributed by atoms with Crippen LogP contribution in [-0.4, -0.2) is 32.8 Å². The van der Waals surface area contributed by atoms with Crippen LogP contribution in [0.25, 0.3) is 6.08 Å². The van der Waals surface area contributed by atoms with Crippen molar-refractivity contribution in [1.82, 2.24) is 5.16 Å². The van der Waals surface area contributed by atoms with Gasteiger partial charge >= 0.3 is 0 Å². The lowest BCUT2D eigenvalue weighted by Gasteiger charge is -2.11. The lowest BCUT2D eigenvalue weighted by molar-refractivity contribution is -0.111. The number of nitrogens with zero attached hydrogens (tertiary/aromatic N) is 1. The van der Waals surface area contributed by atoms with E-state index in [4.69, 9.17) is 14.0 Å². The molecule has 10 heteroatoms. The zero-order valence-corrected chi connectivity index (χ0v) is 20.4. The Kier molecular flexibility index (Phi) is 7.62. The molecular weight excluding hydrogens is 458 g/mol. The van der Waals surface area contributed by atoms with Crippen LogP contribution in [0.2, 0.25) is 0 Å². The molecule has 0 spiro atoms. The van der Waals surface area contributed by atoms with E-state index in [-0.39, 0.29) is 5.91 Å². The molecule has 3 aromatic rings. The molecule has 2 aromatic carbocycles. The van der Waals surface area contributed by atoms with Crippen LogP contribution in [0.15, 0.2) is 47.0 Å². The molecule has 0 aliphatic carbocycles. The third kappa shape index (κ3) is 6.61. The van der Waals surface area contributed by atoms with Crippen LogP contribution in [0, 0.1) is 20.8 Å². The predicted molar refractivity (Wildman–Crippen MR) is 131 cm³/mol. The van der Waals surface area contributed by atoms with E-state index in [9.17, 15) is 13.2 Å². The molecule has 0 fully saturated rings. The second-order valence-corrected chi connectivity index (χ2v) is 9.48. The average molecular weight is 486 g/mol. The lowest BCUT2D eigenvalue weighted by atomic mass is 10.1. The largest absolute Gasteiger partial charge is 0.493 e. The standard InChI is InChI=1S/C24H27N3O6S/c1-15-6-9-19(13-21(15)27-34(5,29)30)25-24(28)11-8-18-7-10-22(23(12-18)31-4)32-14-20-16(2)26-33-17(20)3/h6-13,27H,14H2,1-5H3,(H,25,28)/b11-8+. The molecule has 0 aliphatic rings. The minimum atomic E-state index is -3.43. The predicted octanol–water partition coefficient (Wildman–Crippen LogP) is 4.21. The van der Waals surface area contributed by atoms with Gasteiger partial charge in [-0.25, -0.2) is 8.42 Å². The summed E-state index contributed by atoms with van der Waals surface area (Å²) >= 11 is 0. The zero-order chi connectivity index (χ0) is 24.9. The van der Waals surface area contributed by atoms with E-state index in [1.54, 1.807) is 49.4 Å². The molecule has 180 valence electrons. The molecule has 34 heavy (non-hydrogen) atoms. The molecule has 2 N–H and O–H groups in total. The summed E-state index contributed by atoms with van der Waals surface area (Å²) in [7, 11) is -1.89. The molecule has 1 aromatic heterocycles. The number of amides is 1. The van der Waals surface area contributed by atoms with E-state index in [1.165, 1.54) is 13.2 Å². The fourth-order valence-corrected chi connectivity index (χ4v) is 3.75. The van der Waals surface area contributed by atoms with Crippen molar-refractivity contribution < 1.29 is 27.2 Å². The summed E-state index contributed by atoms with van der Waals surface area (Å²) < 4.78 is 41.9. The third-order valence-corrected chi connectivity index (χ3v) is 5.56. The van der Waals surface area contributed by atoms with Gasteiger partial charge in [0.1, 0.15) is 12.4 Å². The Labute approximate surface area is 198 Å². The van der Waals surface area contributed by atoms with E-state index in [0.717, 1.165) is 28.6 Å². The molecule has 0 saturated heterocycles.